The zero-order chi connectivity index (χ0) is 21.8. The number of nitrogens with one attached hydrogen (secondary N) is 1. The monoisotopic (exact) mass is 431 g/mol. The number of methoxy groups -OCH3 is 2. The van der Waals surface area contributed by atoms with Gasteiger partial charge < -0.3 is 19.7 Å². The van der Waals surface area contributed by atoms with Crippen molar-refractivity contribution in [3.63, 3.8) is 0 Å². The maximum absolute atomic E-state index is 13.0. The molecule has 0 bridgehead atoms. The first-order valence-electron chi connectivity index (χ1n) is 9.18. The van der Waals surface area contributed by atoms with E-state index < -0.39 is 11.9 Å². The summed E-state index contributed by atoms with van der Waals surface area (Å²) in [6.45, 7) is 0.323. The van der Waals surface area contributed by atoms with E-state index >= 15 is 0 Å². The standard InChI is InChI=1S/C21H22FN3O4S/c1-24-20(27)16(11-19(26)23-15-7-5-14(22)6-8-15)25(21(24)30)12-13-4-9-17(28-2)18(10-13)29-3/h4-10,16H,11-12H2,1-3H3,(H,23,26)/t16-/m1/s1. The van der Waals surface area contributed by atoms with Crippen LogP contribution in [0.3, 0.4) is 0 Å². The quantitative estimate of drug-likeness (QED) is 0.680. The van der Waals surface area contributed by atoms with Gasteiger partial charge in [-0.05, 0) is 54.2 Å². The summed E-state index contributed by atoms with van der Waals surface area (Å²) in [7, 11) is 4.68. The number of amides is 2. The van der Waals surface area contributed by atoms with Gasteiger partial charge in [-0.25, -0.2) is 4.39 Å². The minimum absolute atomic E-state index is 0.0893. The van der Waals surface area contributed by atoms with E-state index in [1.165, 1.54) is 29.2 Å². The number of anilines is 1. The second-order valence-corrected chi connectivity index (χ2v) is 7.14. The van der Waals surface area contributed by atoms with Crippen LogP contribution in [-0.2, 0) is 16.1 Å². The van der Waals surface area contributed by atoms with Gasteiger partial charge in [-0.15, -0.1) is 0 Å². The van der Waals surface area contributed by atoms with Crippen molar-refractivity contribution in [3.8, 4) is 11.5 Å². The van der Waals surface area contributed by atoms with Crippen LogP contribution in [0.25, 0.3) is 0 Å². The number of thiocarbonyl (C=S) groups is 1. The molecule has 2 aromatic rings. The van der Waals surface area contributed by atoms with E-state index in [-0.39, 0.29) is 18.2 Å². The van der Waals surface area contributed by atoms with E-state index in [2.05, 4.69) is 5.32 Å². The third-order valence-corrected chi connectivity index (χ3v) is 5.34. The second kappa shape index (κ2) is 9.08. The van der Waals surface area contributed by atoms with E-state index in [0.717, 1.165) is 5.56 Å². The summed E-state index contributed by atoms with van der Waals surface area (Å²) in [5.74, 6) is 0.135. The molecule has 1 atom stereocenters. The molecule has 2 amide bonds. The molecule has 0 saturated carbocycles. The lowest BCUT2D eigenvalue weighted by Gasteiger charge is -2.24. The summed E-state index contributed by atoms with van der Waals surface area (Å²) in [5.41, 5.74) is 1.30. The fourth-order valence-corrected chi connectivity index (χ4v) is 3.53. The highest BCUT2D eigenvalue weighted by molar-refractivity contribution is 7.80. The van der Waals surface area contributed by atoms with E-state index in [4.69, 9.17) is 21.7 Å². The number of halogens is 1. The molecule has 1 aliphatic rings. The molecular weight excluding hydrogens is 409 g/mol. The smallest absolute Gasteiger partial charge is 0.251 e. The number of likely N-dealkylation sites (N-methyl/N-ethyl adjacent to an activating group) is 1. The third kappa shape index (κ3) is 4.51. The Hall–Kier alpha value is -3.20. The summed E-state index contributed by atoms with van der Waals surface area (Å²) in [6.07, 6.45) is -0.0893. The van der Waals surface area contributed by atoms with Gasteiger partial charge in [-0.3, -0.25) is 14.5 Å². The summed E-state index contributed by atoms with van der Waals surface area (Å²) >= 11 is 5.42. The molecule has 9 heteroatoms. The number of hydrogen-bond donors (Lipinski definition) is 1. The molecule has 7 nitrogen and oxygen atoms in total. The van der Waals surface area contributed by atoms with Crippen LogP contribution >= 0.6 is 12.2 Å². The Morgan fingerprint density at radius 2 is 1.80 bits per heavy atom. The third-order valence-electron chi connectivity index (χ3n) is 4.83. The van der Waals surface area contributed by atoms with Crippen molar-refractivity contribution in [2.75, 3.05) is 26.6 Å². The Morgan fingerprint density at radius 3 is 2.43 bits per heavy atom. The van der Waals surface area contributed by atoms with Crippen LogP contribution in [0.15, 0.2) is 42.5 Å². The first-order chi connectivity index (χ1) is 14.3. The molecule has 0 radical (unpaired) electrons. The molecule has 2 aromatic carbocycles. The molecular formula is C21H22FN3O4S. The van der Waals surface area contributed by atoms with Crippen LogP contribution in [0.1, 0.15) is 12.0 Å². The zero-order valence-electron chi connectivity index (χ0n) is 16.8. The van der Waals surface area contributed by atoms with Gasteiger partial charge in [-0.2, -0.15) is 0 Å². The van der Waals surface area contributed by atoms with Gasteiger partial charge in [0.1, 0.15) is 11.9 Å². The summed E-state index contributed by atoms with van der Waals surface area (Å²) in [5, 5.41) is 3.02. The zero-order valence-corrected chi connectivity index (χ0v) is 17.7. The van der Waals surface area contributed by atoms with Gasteiger partial charge in [0.15, 0.2) is 16.6 Å². The van der Waals surface area contributed by atoms with E-state index in [0.29, 0.717) is 28.8 Å². The SMILES string of the molecule is COc1ccc(CN2C(=S)N(C)C(=O)[C@H]2CC(=O)Nc2ccc(F)cc2)cc1OC. The lowest BCUT2D eigenvalue weighted by Crippen LogP contribution is -2.37. The highest BCUT2D eigenvalue weighted by Crippen LogP contribution is 2.30. The predicted octanol–water partition coefficient (Wildman–Crippen LogP) is 2.80. The van der Waals surface area contributed by atoms with Crippen LogP contribution in [0.2, 0.25) is 0 Å². The second-order valence-electron chi connectivity index (χ2n) is 6.77. The van der Waals surface area contributed by atoms with Crippen LogP contribution in [0, 0.1) is 5.82 Å². The van der Waals surface area contributed by atoms with Crippen molar-refractivity contribution in [1.29, 1.82) is 0 Å². The van der Waals surface area contributed by atoms with Gasteiger partial charge in [0, 0.05) is 19.3 Å². The predicted molar refractivity (Wildman–Crippen MR) is 114 cm³/mol. The average molecular weight is 431 g/mol. The number of rotatable bonds is 7. The van der Waals surface area contributed by atoms with Gasteiger partial charge >= 0.3 is 0 Å². The fraction of sp³-hybridized carbons (Fsp3) is 0.286. The van der Waals surface area contributed by atoms with Gasteiger partial charge in [0.2, 0.25) is 5.91 Å². The molecule has 1 heterocycles. The van der Waals surface area contributed by atoms with Crippen LogP contribution in [-0.4, -0.2) is 54.0 Å². The molecule has 1 saturated heterocycles. The topological polar surface area (TPSA) is 71.1 Å². The van der Waals surface area contributed by atoms with Crippen molar-refractivity contribution in [1.82, 2.24) is 9.80 Å². The van der Waals surface area contributed by atoms with Crippen molar-refractivity contribution >= 4 is 34.8 Å². The minimum atomic E-state index is -0.740. The number of ether oxygens (including phenoxy) is 2. The highest BCUT2D eigenvalue weighted by Gasteiger charge is 2.41. The van der Waals surface area contributed by atoms with Gasteiger partial charge in [0.25, 0.3) is 5.91 Å². The summed E-state index contributed by atoms with van der Waals surface area (Å²) < 4.78 is 23.6. The van der Waals surface area contributed by atoms with Crippen LogP contribution < -0.4 is 14.8 Å². The van der Waals surface area contributed by atoms with E-state index in [1.54, 1.807) is 38.3 Å². The van der Waals surface area contributed by atoms with Gasteiger partial charge in [-0.1, -0.05) is 6.07 Å². The first-order valence-corrected chi connectivity index (χ1v) is 9.59. The molecule has 1 fully saturated rings. The molecule has 0 aliphatic carbocycles. The molecule has 3 rings (SSSR count). The molecule has 30 heavy (non-hydrogen) atoms. The molecule has 1 aliphatic heterocycles. The van der Waals surface area contributed by atoms with Crippen molar-refractivity contribution in [2.45, 2.75) is 19.0 Å². The largest absolute Gasteiger partial charge is 0.493 e. The first kappa shape index (κ1) is 21.5. The average Bonchev–Trinajstić information content (AvgIpc) is 2.93. The number of carbonyl (C=O) groups excluding carboxylic acids is 2. The summed E-state index contributed by atoms with van der Waals surface area (Å²) in [6, 6.07) is 10.1. The van der Waals surface area contributed by atoms with Crippen molar-refractivity contribution in [3.05, 3.63) is 53.8 Å². The Kier molecular flexibility index (Phi) is 6.51. The molecule has 158 valence electrons. The number of nitrogens with zero attached hydrogens (tertiary/aromatic N) is 2. The molecule has 0 unspecified atom stereocenters. The van der Waals surface area contributed by atoms with Crippen LogP contribution in [0.5, 0.6) is 11.5 Å². The Balaban J connectivity index is 1.76. The lowest BCUT2D eigenvalue weighted by atomic mass is 10.1. The maximum atomic E-state index is 13.0. The van der Waals surface area contributed by atoms with Crippen molar-refractivity contribution in [2.24, 2.45) is 0 Å². The number of hydrogen-bond acceptors (Lipinski definition) is 5. The lowest BCUT2D eigenvalue weighted by molar-refractivity contribution is -0.130. The molecule has 1 N–H and O–H groups in total. The highest BCUT2D eigenvalue weighted by atomic mass is 32.1. The summed E-state index contributed by atoms with van der Waals surface area (Å²) in [4.78, 5) is 28.3. The van der Waals surface area contributed by atoms with E-state index in [9.17, 15) is 14.0 Å². The number of benzene rings is 2. The van der Waals surface area contributed by atoms with Crippen LogP contribution in [0.4, 0.5) is 10.1 Å². The molecule has 0 aromatic heterocycles. The maximum Gasteiger partial charge on any atom is 0.251 e. The van der Waals surface area contributed by atoms with E-state index in [1.807, 2.05) is 6.07 Å². The Labute approximate surface area is 179 Å². The van der Waals surface area contributed by atoms with Crippen molar-refractivity contribution < 1.29 is 23.5 Å². The fourth-order valence-electron chi connectivity index (χ4n) is 3.25. The minimum Gasteiger partial charge on any atom is -0.493 e. The Morgan fingerprint density at radius 1 is 1.13 bits per heavy atom. The van der Waals surface area contributed by atoms with Gasteiger partial charge in [0.05, 0.1) is 20.6 Å². The molecule has 0 spiro atoms. The number of carbonyl (C=O) groups is 2. The Bertz CT molecular complexity index is 967. The normalized spacial score (nSPS) is 16.1.